The first-order valence-electron chi connectivity index (χ1n) is 8.77. The summed E-state index contributed by atoms with van der Waals surface area (Å²) < 4.78 is 6.01. The summed E-state index contributed by atoms with van der Waals surface area (Å²) in [6.07, 6.45) is 0. The highest BCUT2D eigenvalue weighted by atomic mass is 35.5. The lowest BCUT2D eigenvalue weighted by molar-refractivity contribution is 0.481. The Morgan fingerprint density at radius 1 is 0.846 bits per heavy atom. The maximum absolute atomic E-state index is 6.01. The third-order valence-corrected chi connectivity index (χ3v) is 4.45. The number of anilines is 1. The van der Waals surface area contributed by atoms with E-state index >= 15 is 0 Å². The van der Waals surface area contributed by atoms with E-state index in [-0.39, 0.29) is 5.41 Å². The number of halogens is 1. The molecule has 26 heavy (non-hydrogen) atoms. The van der Waals surface area contributed by atoms with Crippen molar-refractivity contribution < 1.29 is 4.74 Å². The molecule has 3 aromatic rings. The van der Waals surface area contributed by atoms with Crippen LogP contribution < -0.4 is 10.1 Å². The van der Waals surface area contributed by atoms with Gasteiger partial charge in [0.2, 0.25) is 0 Å². The lowest BCUT2D eigenvalue weighted by atomic mass is 9.87. The van der Waals surface area contributed by atoms with E-state index in [9.17, 15) is 0 Å². The zero-order valence-electron chi connectivity index (χ0n) is 15.4. The summed E-state index contributed by atoms with van der Waals surface area (Å²) in [5.74, 6) is 1.68. The fraction of sp³-hybridized carbons (Fsp3) is 0.217. The molecular weight excluding hydrogens is 342 g/mol. The quantitative estimate of drug-likeness (QED) is 0.523. The molecule has 0 spiro atoms. The molecule has 0 aliphatic carbocycles. The maximum atomic E-state index is 6.01. The summed E-state index contributed by atoms with van der Waals surface area (Å²) in [6.45, 7) is 7.35. The lowest BCUT2D eigenvalue weighted by Gasteiger charge is -2.19. The molecule has 2 nitrogen and oxygen atoms in total. The first-order chi connectivity index (χ1) is 12.4. The van der Waals surface area contributed by atoms with Crippen LogP contribution in [0.2, 0.25) is 5.02 Å². The van der Waals surface area contributed by atoms with Crippen LogP contribution in [0.4, 0.5) is 5.69 Å². The van der Waals surface area contributed by atoms with Crippen molar-refractivity contribution in [2.24, 2.45) is 0 Å². The molecule has 0 saturated heterocycles. The van der Waals surface area contributed by atoms with Crippen molar-refractivity contribution >= 4 is 17.3 Å². The lowest BCUT2D eigenvalue weighted by Crippen LogP contribution is -2.10. The first-order valence-corrected chi connectivity index (χ1v) is 9.15. The average Bonchev–Trinajstić information content (AvgIpc) is 2.61. The number of nitrogens with one attached hydrogen (secondary N) is 1. The zero-order valence-corrected chi connectivity index (χ0v) is 16.2. The van der Waals surface area contributed by atoms with E-state index < -0.39 is 0 Å². The number of hydrogen-bond donors (Lipinski definition) is 1. The summed E-state index contributed by atoms with van der Waals surface area (Å²) >= 11 is 5.92. The molecule has 0 aromatic heterocycles. The maximum Gasteiger partial charge on any atom is 0.127 e. The molecule has 0 aliphatic heterocycles. The molecule has 0 atom stereocenters. The molecule has 0 unspecified atom stereocenters. The molecule has 0 fully saturated rings. The Kier molecular flexibility index (Phi) is 5.53. The monoisotopic (exact) mass is 365 g/mol. The molecule has 0 amide bonds. The molecule has 0 heterocycles. The molecule has 3 heteroatoms. The second-order valence-electron chi connectivity index (χ2n) is 7.38. The summed E-state index contributed by atoms with van der Waals surface area (Å²) in [6, 6.07) is 24.1. The minimum Gasteiger partial charge on any atom is -0.457 e. The topological polar surface area (TPSA) is 21.3 Å². The van der Waals surface area contributed by atoms with Crippen LogP contribution in [0.1, 0.15) is 31.9 Å². The number of ether oxygens (including phenoxy) is 1. The van der Waals surface area contributed by atoms with Crippen LogP contribution in [0.3, 0.4) is 0 Å². The number of rotatable bonds is 5. The summed E-state index contributed by atoms with van der Waals surface area (Å²) in [5, 5.41) is 4.13. The van der Waals surface area contributed by atoms with Gasteiger partial charge < -0.3 is 10.1 Å². The van der Waals surface area contributed by atoms with Gasteiger partial charge in [0.15, 0.2) is 0 Å². The fourth-order valence-corrected chi connectivity index (χ4v) is 2.78. The summed E-state index contributed by atoms with van der Waals surface area (Å²) in [7, 11) is 0. The minimum atomic E-state index is 0.145. The second kappa shape index (κ2) is 7.84. The minimum absolute atomic E-state index is 0.145. The van der Waals surface area contributed by atoms with E-state index in [1.807, 2.05) is 48.5 Å². The van der Waals surface area contributed by atoms with Gasteiger partial charge in [0.1, 0.15) is 11.5 Å². The van der Waals surface area contributed by atoms with Crippen LogP contribution in [0.5, 0.6) is 11.5 Å². The molecule has 134 valence electrons. The molecule has 1 N–H and O–H groups in total. The molecule has 0 aliphatic rings. The Labute approximate surface area is 160 Å². The Hall–Kier alpha value is -2.45. The van der Waals surface area contributed by atoms with Crippen molar-refractivity contribution in [2.45, 2.75) is 32.7 Å². The third kappa shape index (κ3) is 5.03. The Morgan fingerprint density at radius 2 is 1.54 bits per heavy atom. The fourth-order valence-electron chi connectivity index (χ4n) is 2.65. The van der Waals surface area contributed by atoms with Crippen LogP contribution in [0.15, 0.2) is 72.8 Å². The van der Waals surface area contributed by atoms with Gasteiger partial charge in [-0.3, -0.25) is 0 Å². The first kappa shape index (κ1) is 18.3. The van der Waals surface area contributed by atoms with Gasteiger partial charge in [-0.05, 0) is 65.1 Å². The molecule has 0 saturated carbocycles. The van der Waals surface area contributed by atoms with E-state index in [0.29, 0.717) is 0 Å². The predicted octanol–water partition coefficient (Wildman–Crippen LogP) is 7.04. The Balaban J connectivity index is 1.64. The van der Waals surface area contributed by atoms with Gasteiger partial charge in [-0.1, -0.05) is 56.6 Å². The van der Waals surface area contributed by atoms with Crippen molar-refractivity contribution in [1.29, 1.82) is 0 Å². The summed E-state index contributed by atoms with van der Waals surface area (Å²) in [4.78, 5) is 0. The highest BCUT2D eigenvalue weighted by Crippen LogP contribution is 2.27. The highest BCUT2D eigenvalue weighted by Gasteiger charge is 2.13. The number of hydrogen-bond acceptors (Lipinski definition) is 2. The Bertz CT molecular complexity index is 849. The SMILES string of the molecule is CC(C)(C)c1ccc(Oc2cccc(CNc3ccc(Cl)cc3)c2)cc1. The van der Waals surface area contributed by atoms with Crippen molar-refractivity contribution in [3.63, 3.8) is 0 Å². The molecule has 0 radical (unpaired) electrons. The van der Waals surface area contributed by atoms with Gasteiger partial charge in [-0.25, -0.2) is 0 Å². The number of benzene rings is 3. The molecule has 0 bridgehead atoms. The largest absolute Gasteiger partial charge is 0.457 e. The van der Waals surface area contributed by atoms with Gasteiger partial charge in [0, 0.05) is 17.3 Å². The highest BCUT2D eigenvalue weighted by molar-refractivity contribution is 6.30. The normalized spacial score (nSPS) is 11.2. The van der Waals surface area contributed by atoms with Gasteiger partial charge in [0.25, 0.3) is 0 Å². The van der Waals surface area contributed by atoms with Crippen molar-refractivity contribution in [3.05, 3.63) is 88.9 Å². The Morgan fingerprint density at radius 3 is 2.19 bits per heavy atom. The van der Waals surface area contributed by atoms with E-state index in [1.165, 1.54) is 5.56 Å². The van der Waals surface area contributed by atoms with Gasteiger partial charge in [-0.2, -0.15) is 0 Å². The van der Waals surface area contributed by atoms with Crippen LogP contribution in [0, 0.1) is 0 Å². The van der Waals surface area contributed by atoms with E-state index in [1.54, 1.807) is 0 Å². The van der Waals surface area contributed by atoms with Crippen LogP contribution in [-0.2, 0) is 12.0 Å². The van der Waals surface area contributed by atoms with Crippen molar-refractivity contribution in [3.8, 4) is 11.5 Å². The van der Waals surface area contributed by atoms with Crippen LogP contribution in [-0.4, -0.2) is 0 Å². The van der Waals surface area contributed by atoms with Crippen molar-refractivity contribution in [1.82, 2.24) is 0 Å². The van der Waals surface area contributed by atoms with E-state index in [4.69, 9.17) is 16.3 Å². The molecule has 3 rings (SSSR count). The van der Waals surface area contributed by atoms with Crippen LogP contribution in [0.25, 0.3) is 0 Å². The average molecular weight is 366 g/mol. The van der Waals surface area contributed by atoms with Crippen molar-refractivity contribution in [2.75, 3.05) is 5.32 Å². The smallest absolute Gasteiger partial charge is 0.127 e. The zero-order chi connectivity index (χ0) is 18.6. The summed E-state index contributed by atoms with van der Waals surface area (Å²) in [5.41, 5.74) is 3.64. The predicted molar refractivity (Wildman–Crippen MR) is 110 cm³/mol. The third-order valence-electron chi connectivity index (χ3n) is 4.20. The standard InChI is InChI=1S/C23H24ClNO/c1-23(2,3)18-7-13-21(14-8-18)26-22-6-4-5-17(15-22)16-25-20-11-9-19(24)10-12-20/h4-15,25H,16H2,1-3H3. The van der Waals surface area contributed by atoms with Crippen LogP contribution >= 0.6 is 11.6 Å². The van der Waals surface area contributed by atoms with Gasteiger partial charge in [-0.15, -0.1) is 0 Å². The molecular formula is C23H24ClNO. The van der Waals surface area contributed by atoms with Gasteiger partial charge >= 0.3 is 0 Å². The second-order valence-corrected chi connectivity index (χ2v) is 7.82. The van der Waals surface area contributed by atoms with E-state index in [2.05, 4.69) is 50.4 Å². The molecule has 3 aromatic carbocycles. The van der Waals surface area contributed by atoms with E-state index in [0.717, 1.165) is 34.3 Å². The van der Waals surface area contributed by atoms with Gasteiger partial charge in [0.05, 0.1) is 0 Å².